The predicted octanol–water partition coefficient (Wildman–Crippen LogP) is 4.12. The van der Waals surface area contributed by atoms with Gasteiger partial charge in [0.05, 0.1) is 17.4 Å². The molecule has 7 heteroatoms. The second kappa shape index (κ2) is 8.88. The zero-order valence-electron chi connectivity index (χ0n) is 16.0. The Kier molecular flexibility index (Phi) is 6.06. The van der Waals surface area contributed by atoms with Crippen LogP contribution in [0.1, 0.15) is 22.3 Å². The first-order chi connectivity index (χ1) is 14.1. The molecule has 0 bridgehead atoms. The molecular weight excluding hydrogens is 435 g/mol. The van der Waals surface area contributed by atoms with Gasteiger partial charge in [-0.15, -0.1) is 0 Å². The Morgan fingerprint density at radius 2 is 1.83 bits per heavy atom. The number of halogens is 2. The van der Waals surface area contributed by atoms with E-state index in [4.69, 9.17) is 0 Å². The highest BCUT2D eigenvalue weighted by Crippen LogP contribution is 2.16. The summed E-state index contributed by atoms with van der Waals surface area (Å²) >= 11 is 3.42. The minimum atomic E-state index is -0.176. The molecule has 1 aliphatic rings. The normalized spacial score (nSPS) is 15.3. The van der Waals surface area contributed by atoms with Crippen LogP contribution in [0.3, 0.4) is 0 Å². The van der Waals surface area contributed by atoms with Crippen molar-refractivity contribution in [1.29, 1.82) is 0 Å². The van der Waals surface area contributed by atoms with E-state index in [-0.39, 0.29) is 11.7 Å². The van der Waals surface area contributed by atoms with Crippen molar-refractivity contribution in [1.82, 2.24) is 19.6 Å². The minimum Gasteiger partial charge on any atom is -0.337 e. The van der Waals surface area contributed by atoms with Crippen LogP contribution in [-0.4, -0.2) is 51.7 Å². The summed E-state index contributed by atoms with van der Waals surface area (Å²) < 4.78 is 16.6. The molecule has 2 heterocycles. The van der Waals surface area contributed by atoms with Gasteiger partial charge in [0.15, 0.2) is 0 Å². The van der Waals surface area contributed by atoms with Crippen LogP contribution in [0, 0.1) is 5.82 Å². The Balaban J connectivity index is 1.40. The van der Waals surface area contributed by atoms with Gasteiger partial charge in [0.2, 0.25) is 0 Å². The summed E-state index contributed by atoms with van der Waals surface area (Å²) in [6.45, 7) is 3.44. The summed E-state index contributed by atoms with van der Waals surface area (Å²) in [4.78, 5) is 17.0. The van der Waals surface area contributed by atoms with Gasteiger partial charge in [-0.05, 0) is 36.8 Å². The van der Waals surface area contributed by atoms with Crippen LogP contribution in [0.25, 0.3) is 5.69 Å². The topological polar surface area (TPSA) is 41.4 Å². The van der Waals surface area contributed by atoms with E-state index in [1.807, 2.05) is 41.3 Å². The fourth-order valence-corrected chi connectivity index (χ4v) is 3.81. The smallest absolute Gasteiger partial charge is 0.257 e. The first-order valence-corrected chi connectivity index (χ1v) is 10.4. The van der Waals surface area contributed by atoms with E-state index in [9.17, 15) is 9.18 Å². The van der Waals surface area contributed by atoms with Crippen LogP contribution in [0.15, 0.2) is 65.4 Å². The number of hydrogen-bond acceptors (Lipinski definition) is 3. The summed E-state index contributed by atoms with van der Waals surface area (Å²) in [5.74, 6) is -0.189. The Morgan fingerprint density at radius 1 is 1.03 bits per heavy atom. The SMILES string of the molecule is O=C(c1cnn(-c2ccc(Br)cc2)c1)N1CCCN(Cc2ccccc2F)CC1. The monoisotopic (exact) mass is 456 g/mol. The average Bonchev–Trinajstić information content (AvgIpc) is 3.10. The molecule has 1 fully saturated rings. The van der Waals surface area contributed by atoms with Crippen LogP contribution in [0.2, 0.25) is 0 Å². The minimum absolute atomic E-state index is 0.0129. The number of rotatable bonds is 4. The van der Waals surface area contributed by atoms with Crippen LogP contribution in [0.4, 0.5) is 4.39 Å². The van der Waals surface area contributed by atoms with Gasteiger partial charge in [0.1, 0.15) is 5.82 Å². The standard InChI is InChI=1S/C22H22BrFN4O/c23-19-6-8-20(9-7-19)28-16-18(14-25-28)22(29)27-11-3-10-26(12-13-27)15-17-4-1-2-5-21(17)24/h1-2,4-9,14,16H,3,10-13,15H2. The van der Waals surface area contributed by atoms with Crippen molar-refractivity contribution < 1.29 is 9.18 Å². The van der Waals surface area contributed by atoms with Gasteiger partial charge in [-0.2, -0.15) is 5.10 Å². The molecule has 0 N–H and O–H groups in total. The molecule has 1 saturated heterocycles. The molecule has 0 radical (unpaired) electrons. The van der Waals surface area contributed by atoms with E-state index in [2.05, 4.69) is 25.9 Å². The van der Waals surface area contributed by atoms with Crippen LogP contribution < -0.4 is 0 Å². The Hall–Kier alpha value is -2.51. The number of aromatic nitrogens is 2. The Labute approximate surface area is 177 Å². The molecule has 4 rings (SSSR count). The Morgan fingerprint density at radius 3 is 2.62 bits per heavy atom. The number of hydrogen-bond donors (Lipinski definition) is 0. The van der Waals surface area contributed by atoms with Crippen molar-refractivity contribution in [2.45, 2.75) is 13.0 Å². The van der Waals surface area contributed by atoms with Gasteiger partial charge >= 0.3 is 0 Å². The highest BCUT2D eigenvalue weighted by molar-refractivity contribution is 9.10. The maximum absolute atomic E-state index is 13.9. The molecule has 0 spiro atoms. The van der Waals surface area contributed by atoms with Crippen molar-refractivity contribution in [3.05, 3.63) is 82.3 Å². The first kappa shape index (κ1) is 19.8. The Bertz CT molecular complexity index is 988. The van der Waals surface area contributed by atoms with Crippen LogP contribution in [0.5, 0.6) is 0 Å². The maximum atomic E-state index is 13.9. The molecule has 2 aromatic carbocycles. The van der Waals surface area contributed by atoms with E-state index in [0.29, 0.717) is 30.8 Å². The van der Waals surface area contributed by atoms with Crippen molar-refractivity contribution in [3.63, 3.8) is 0 Å². The molecule has 29 heavy (non-hydrogen) atoms. The fraction of sp³-hybridized carbons (Fsp3) is 0.273. The van der Waals surface area contributed by atoms with Gasteiger partial charge in [0.25, 0.3) is 5.91 Å². The summed E-state index contributed by atoms with van der Waals surface area (Å²) in [5, 5.41) is 4.34. The van der Waals surface area contributed by atoms with Crippen LogP contribution >= 0.6 is 15.9 Å². The second-order valence-electron chi connectivity index (χ2n) is 7.16. The summed E-state index contributed by atoms with van der Waals surface area (Å²) in [6.07, 6.45) is 4.25. The van der Waals surface area contributed by atoms with E-state index >= 15 is 0 Å². The molecule has 0 atom stereocenters. The molecule has 0 aliphatic carbocycles. The lowest BCUT2D eigenvalue weighted by atomic mass is 10.2. The van der Waals surface area contributed by atoms with Gasteiger partial charge in [-0.1, -0.05) is 34.1 Å². The number of benzene rings is 2. The van der Waals surface area contributed by atoms with Crippen molar-refractivity contribution >= 4 is 21.8 Å². The first-order valence-electron chi connectivity index (χ1n) is 9.66. The van der Waals surface area contributed by atoms with E-state index in [1.165, 1.54) is 6.07 Å². The molecule has 1 amide bonds. The van der Waals surface area contributed by atoms with Gasteiger partial charge in [-0.3, -0.25) is 9.69 Å². The average molecular weight is 457 g/mol. The third kappa shape index (κ3) is 4.74. The lowest BCUT2D eigenvalue weighted by Crippen LogP contribution is -2.35. The number of carbonyl (C=O) groups excluding carboxylic acids is 1. The molecule has 1 aromatic heterocycles. The predicted molar refractivity (Wildman–Crippen MR) is 113 cm³/mol. The van der Waals surface area contributed by atoms with Gasteiger partial charge in [-0.25, -0.2) is 9.07 Å². The zero-order valence-corrected chi connectivity index (χ0v) is 17.6. The summed E-state index contributed by atoms with van der Waals surface area (Å²) in [6, 6.07) is 14.6. The lowest BCUT2D eigenvalue weighted by molar-refractivity contribution is 0.0761. The fourth-order valence-electron chi connectivity index (χ4n) is 3.55. The van der Waals surface area contributed by atoms with Crippen LogP contribution in [-0.2, 0) is 6.54 Å². The third-order valence-corrected chi connectivity index (χ3v) is 5.68. The molecular formula is C22H22BrFN4O. The molecule has 5 nitrogen and oxygen atoms in total. The molecule has 0 unspecified atom stereocenters. The number of nitrogens with zero attached hydrogens (tertiary/aromatic N) is 4. The maximum Gasteiger partial charge on any atom is 0.257 e. The van der Waals surface area contributed by atoms with Gasteiger partial charge in [0, 0.05) is 49.0 Å². The van der Waals surface area contributed by atoms with Crippen molar-refractivity contribution in [2.24, 2.45) is 0 Å². The van der Waals surface area contributed by atoms with E-state index in [1.54, 1.807) is 23.1 Å². The molecule has 150 valence electrons. The molecule has 3 aromatic rings. The van der Waals surface area contributed by atoms with Gasteiger partial charge < -0.3 is 4.90 Å². The largest absolute Gasteiger partial charge is 0.337 e. The highest BCUT2D eigenvalue weighted by atomic mass is 79.9. The number of amides is 1. The third-order valence-electron chi connectivity index (χ3n) is 5.15. The van der Waals surface area contributed by atoms with Crippen molar-refractivity contribution in [2.75, 3.05) is 26.2 Å². The zero-order chi connectivity index (χ0) is 20.2. The van der Waals surface area contributed by atoms with E-state index in [0.717, 1.165) is 29.7 Å². The van der Waals surface area contributed by atoms with E-state index < -0.39 is 0 Å². The molecule has 0 saturated carbocycles. The second-order valence-corrected chi connectivity index (χ2v) is 8.08. The lowest BCUT2D eigenvalue weighted by Gasteiger charge is -2.22. The number of carbonyl (C=O) groups is 1. The molecule has 1 aliphatic heterocycles. The quantitative estimate of drug-likeness (QED) is 0.592. The summed E-state index contributed by atoms with van der Waals surface area (Å²) in [5.41, 5.74) is 2.18. The van der Waals surface area contributed by atoms with Crippen molar-refractivity contribution in [3.8, 4) is 5.69 Å². The highest BCUT2D eigenvalue weighted by Gasteiger charge is 2.22. The summed E-state index contributed by atoms with van der Waals surface area (Å²) in [7, 11) is 0.